The molecule has 0 aliphatic carbocycles. The van der Waals surface area contributed by atoms with E-state index < -0.39 is 10.0 Å². The molecule has 1 aliphatic rings. The fraction of sp³-hybridized carbons (Fsp3) is 0.263. The summed E-state index contributed by atoms with van der Waals surface area (Å²) in [5.41, 5.74) is 1.92. The Morgan fingerprint density at radius 3 is 2.60 bits per heavy atom. The second-order valence-electron chi connectivity index (χ2n) is 5.95. The van der Waals surface area contributed by atoms with Crippen LogP contribution in [0.2, 0.25) is 5.02 Å². The lowest BCUT2D eigenvalue weighted by Gasteiger charge is -2.31. The van der Waals surface area contributed by atoms with E-state index in [0.717, 1.165) is 11.1 Å². The van der Waals surface area contributed by atoms with Gasteiger partial charge < -0.3 is 4.74 Å². The highest BCUT2D eigenvalue weighted by Gasteiger charge is 2.31. The maximum absolute atomic E-state index is 12.5. The molecule has 0 saturated carbocycles. The second-order valence-corrected chi connectivity index (χ2v) is 8.35. The fourth-order valence-corrected chi connectivity index (χ4v) is 4.42. The van der Waals surface area contributed by atoms with E-state index in [4.69, 9.17) is 16.3 Å². The molecule has 0 N–H and O–H groups in total. The third-order valence-electron chi connectivity index (χ3n) is 4.02. The van der Waals surface area contributed by atoms with Crippen LogP contribution in [0.25, 0.3) is 0 Å². The Hall–Kier alpha value is -1.66. The van der Waals surface area contributed by atoms with Crippen LogP contribution in [-0.4, -0.2) is 31.1 Å². The van der Waals surface area contributed by atoms with Crippen LogP contribution >= 0.6 is 11.6 Å². The van der Waals surface area contributed by atoms with Gasteiger partial charge in [0.25, 0.3) is 0 Å². The Bertz CT molecular complexity index is 837. The molecule has 1 aliphatic heterocycles. The van der Waals surface area contributed by atoms with E-state index in [1.54, 1.807) is 18.2 Å². The van der Waals surface area contributed by atoms with Gasteiger partial charge in [0.2, 0.25) is 10.0 Å². The summed E-state index contributed by atoms with van der Waals surface area (Å²) in [7, 11) is -3.36. The molecule has 132 valence electrons. The zero-order valence-corrected chi connectivity index (χ0v) is 15.3. The highest BCUT2D eigenvalue weighted by molar-refractivity contribution is 7.89. The molecule has 0 amide bonds. The van der Waals surface area contributed by atoms with Crippen LogP contribution in [0, 0.1) is 0 Å². The van der Waals surface area contributed by atoms with Gasteiger partial charge in [0.05, 0.1) is 25.0 Å². The van der Waals surface area contributed by atoms with Crippen LogP contribution in [-0.2, 0) is 27.9 Å². The minimum Gasteiger partial charge on any atom is -0.375 e. The van der Waals surface area contributed by atoms with Crippen molar-refractivity contribution in [1.29, 1.82) is 0 Å². The zero-order chi connectivity index (χ0) is 17.7. The molecule has 1 heterocycles. The molecular formula is C19H20ClNO3S. The molecule has 0 bridgehead atoms. The molecule has 3 rings (SSSR count). The molecule has 0 fully saturated rings. The average molecular weight is 378 g/mol. The van der Waals surface area contributed by atoms with Crippen molar-refractivity contribution < 1.29 is 13.2 Å². The minimum absolute atomic E-state index is 0.0166. The van der Waals surface area contributed by atoms with Crippen LogP contribution in [0.4, 0.5) is 0 Å². The first-order valence-corrected chi connectivity index (χ1v) is 10.1. The second kappa shape index (κ2) is 8.15. The third-order valence-corrected chi connectivity index (χ3v) is 5.98. The van der Waals surface area contributed by atoms with E-state index in [1.807, 2.05) is 48.5 Å². The normalized spacial score (nSPS) is 19.8. The Morgan fingerprint density at radius 2 is 1.84 bits per heavy atom. The van der Waals surface area contributed by atoms with E-state index in [1.165, 1.54) is 4.31 Å². The number of hydrogen-bond acceptors (Lipinski definition) is 3. The molecule has 6 heteroatoms. The molecule has 0 radical (unpaired) electrons. The predicted molar refractivity (Wildman–Crippen MR) is 99.8 cm³/mol. The van der Waals surface area contributed by atoms with Gasteiger partial charge in [-0.3, -0.25) is 0 Å². The number of halogens is 1. The smallest absolute Gasteiger partial charge is 0.218 e. The standard InChI is InChI=1S/C19H20ClNO3S/c20-18-9-4-8-17(12-18)13-21-19(10-5-11-25(21,22)23)15-24-14-16-6-2-1-3-7-16/h1-10,12,19H,11,13-15H2/t19-/m0/s1. The first-order chi connectivity index (χ1) is 12.0. The summed E-state index contributed by atoms with van der Waals surface area (Å²) < 4.78 is 32.3. The summed E-state index contributed by atoms with van der Waals surface area (Å²) in [5, 5.41) is 0.597. The number of hydrogen-bond donors (Lipinski definition) is 0. The van der Waals surface area contributed by atoms with Gasteiger partial charge in [-0.1, -0.05) is 66.2 Å². The Balaban J connectivity index is 1.69. The van der Waals surface area contributed by atoms with Gasteiger partial charge in [-0.2, -0.15) is 4.31 Å². The number of benzene rings is 2. The van der Waals surface area contributed by atoms with Gasteiger partial charge in [-0.05, 0) is 23.3 Å². The van der Waals surface area contributed by atoms with Gasteiger partial charge in [0.1, 0.15) is 0 Å². The summed E-state index contributed by atoms with van der Waals surface area (Å²) in [6.45, 7) is 1.05. The topological polar surface area (TPSA) is 46.6 Å². The largest absolute Gasteiger partial charge is 0.375 e. The van der Waals surface area contributed by atoms with Crippen LogP contribution in [0.15, 0.2) is 66.7 Å². The first kappa shape index (κ1) is 18.1. The summed E-state index contributed by atoms with van der Waals surface area (Å²) in [5.74, 6) is 0.0166. The number of sulfonamides is 1. The highest BCUT2D eigenvalue weighted by Crippen LogP contribution is 2.21. The van der Waals surface area contributed by atoms with Crippen molar-refractivity contribution in [2.75, 3.05) is 12.4 Å². The molecular weight excluding hydrogens is 358 g/mol. The molecule has 2 aromatic rings. The average Bonchev–Trinajstić information content (AvgIpc) is 2.59. The molecule has 2 aromatic carbocycles. The van der Waals surface area contributed by atoms with Crippen molar-refractivity contribution >= 4 is 21.6 Å². The van der Waals surface area contributed by atoms with E-state index in [9.17, 15) is 8.42 Å². The van der Waals surface area contributed by atoms with Gasteiger partial charge >= 0.3 is 0 Å². The van der Waals surface area contributed by atoms with Crippen LogP contribution in [0.5, 0.6) is 0 Å². The number of ether oxygens (including phenoxy) is 1. The van der Waals surface area contributed by atoms with E-state index in [2.05, 4.69) is 0 Å². The van der Waals surface area contributed by atoms with Crippen molar-refractivity contribution in [3.63, 3.8) is 0 Å². The van der Waals surface area contributed by atoms with Gasteiger partial charge in [0.15, 0.2) is 0 Å². The summed E-state index contributed by atoms with van der Waals surface area (Å²) in [4.78, 5) is 0. The van der Waals surface area contributed by atoms with Crippen molar-refractivity contribution in [2.24, 2.45) is 0 Å². The molecule has 25 heavy (non-hydrogen) atoms. The number of rotatable bonds is 6. The molecule has 0 unspecified atom stereocenters. The Morgan fingerprint density at radius 1 is 1.08 bits per heavy atom. The molecule has 1 atom stereocenters. The van der Waals surface area contributed by atoms with Crippen LogP contribution in [0.3, 0.4) is 0 Å². The lowest BCUT2D eigenvalue weighted by atomic mass is 10.2. The molecule has 0 saturated heterocycles. The Kier molecular flexibility index (Phi) is 5.91. The van der Waals surface area contributed by atoms with E-state index in [0.29, 0.717) is 18.2 Å². The van der Waals surface area contributed by atoms with Crippen molar-refractivity contribution in [1.82, 2.24) is 4.31 Å². The molecule has 0 aromatic heterocycles. The van der Waals surface area contributed by atoms with Crippen LogP contribution in [0.1, 0.15) is 11.1 Å². The lowest BCUT2D eigenvalue weighted by molar-refractivity contribution is 0.0889. The maximum atomic E-state index is 12.5. The third kappa shape index (κ3) is 4.92. The molecule has 0 spiro atoms. The van der Waals surface area contributed by atoms with Crippen LogP contribution < -0.4 is 0 Å². The Labute approximate surface area is 153 Å². The summed E-state index contributed by atoms with van der Waals surface area (Å²) >= 11 is 6.01. The summed E-state index contributed by atoms with van der Waals surface area (Å²) in [6, 6.07) is 16.8. The first-order valence-electron chi connectivity index (χ1n) is 8.07. The van der Waals surface area contributed by atoms with Crippen molar-refractivity contribution in [3.8, 4) is 0 Å². The maximum Gasteiger partial charge on any atom is 0.218 e. The lowest BCUT2D eigenvalue weighted by Crippen LogP contribution is -2.44. The molecule has 4 nitrogen and oxygen atoms in total. The van der Waals surface area contributed by atoms with E-state index in [-0.39, 0.29) is 18.3 Å². The van der Waals surface area contributed by atoms with Crippen molar-refractivity contribution in [2.45, 2.75) is 19.2 Å². The van der Waals surface area contributed by atoms with E-state index >= 15 is 0 Å². The van der Waals surface area contributed by atoms with Gasteiger partial charge in [-0.15, -0.1) is 0 Å². The van der Waals surface area contributed by atoms with Crippen molar-refractivity contribution in [3.05, 3.63) is 82.9 Å². The fourth-order valence-electron chi connectivity index (χ4n) is 2.77. The monoisotopic (exact) mass is 377 g/mol. The van der Waals surface area contributed by atoms with Gasteiger partial charge in [-0.25, -0.2) is 8.42 Å². The zero-order valence-electron chi connectivity index (χ0n) is 13.7. The minimum atomic E-state index is -3.36. The highest BCUT2D eigenvalue weighted by atomic mass is 35.5. The summed E-state index contributed by atoms with van der Waals surface area (Å²) in [6.07, 6.45) is 3.59. The predicted octanol–water partition coefficient (Wildman–Crippen LogP) is 3.63. The van der Waals surface area contributed by atoms with Gasteiger partial charge in [0, 0.05) is 11.6 Å². The SMILES string of the molecule is O=S1(=O)CC=C[C@@H](COCc2ccccc2)N1Cc1cccc(Cl)c1. The quantitative estimate of drug-likeness (QED) is 0.722. The number of nitrogens with zero attached hydrogens (tertiary/aromatic N) is 1.